The van der Waals surface area contributed by atoms with Gasteiger partial charge in [-0.05, 0) is 18.2 Å². The summed E-state index contributed by atoms with van der Waals surface area (Å²) in [5, 5.41) is 5.04. The highest BCUT2D eigenvalue weighted by molar-refractivity contribution is 9.10. The van der Waals surface area contributed by atoms with Crippen molar-refractivity contribution in [3.63, 3.8) is 0 Å². The maximum atomic E-state index is 11.3. The molecule has 0 aliphatic carbocycles. The SMILES string of the molecule is NC(=O)CCOc1ccc(Br)cc1S(N)(=O)=O. The number of sulfonamides is 1. The summed E-state index contributed by atoms with van der Waals surface area (Å²) < 4.78 is 28.3. The van der Waals surface area contributed by atoms with Crippen molar-refractivity contribution in [1.29, 1.82) is 0 Å². The van der Waals surface area contributed by atoms with Crippen LogP contribution in [-0.2, 0) is 14.8 Å². The van der Waals surface area contributed by atoms with Crippen molar-refractivity contribution in [2.45, 2.75) is 11.3 Å². The van der Waals surface area contributed by atoms with Crippen LogP contribution in [-0.4, -0.2) is 20.9 Å². The molecule has 4 N–H and O–H groups in total. The van der Waals surface area contributed by atoms with Gasteiger partial charge in [0, 0.05) is 4.47 Å². The zero-order chi connectivity index (χ0) is 13.1. The van der Waals surface area contributed by atoms with Crippen LogP contribution in [0.3, 0.4) is 0 Å². The Morgan fingerprint density at radius 3 is 2.59 bits per heavy atom. The maximum Gasteiger partial charge on any atom is 0.241 e. The third-order valence-electron chi connectivity index (χ3n) is 1.82. The number of rotatable bonds is 5. The van der Waals surface area contributed by atoms with Crippen LogP contribution in [0.4, 0.5) is 0 Å². The maximum absolute atomic E-state index is 11.3. The zero-order valence-corrected chi connectivity index (χ0v) is 11.1. The molecule has 0 radical (unpaired) electrons. The van der Waals surface area contributed by atoms with E-state index in [1.54, 1.807) is 6.07 Å². The van der Waals surface area contributed by atoms with Gasteiger partial charge in [0.2, 0.25) is 15.9 Å². The molecular formula is C9H11BrN2O4S. The van der Waals surface area contributed by atoms with Crippen molar-refractivity contribution in [3.8, 4) is 5.75 Å². The van der Waals surface area contributed by atoms with E-state index in [1.165, 1.54) is 12.1 Å². The molecule has 0 aliphatic rings. The molecule has 0 atom stereocenters. The molecule has 0 aromatic heterocycles. The fourth-order valence-electron chi connectivity index (χ4n) is 1.09. The first kappa shape index (κ1) is 13.9. The summed E-state index contributed by atoms with van der Waals surface area (Å²) in [7, 11) is -3.88. The van der Waals surface area contributed by atoms with Gasteiger partial charge in [0.05, 0.1) is 13.0 Å². The molecule has 6 nitrogen and oxygen atoms in total. The number of halogens is 1. The predicted molar refractivity (Wildman–Crippen MR) is 64.8 cm³/mol. The average Bonchev–Trinajstić information content (AvgIpc) is 2.18. The quantitative estimate of drug-likeness (QED) is 0.814. The summed E-state index contributed by atoms with van der Waals surface area (Å²) in [5.74, 6) is -0.434. The molecule has 1 amide bonds. The van der Waals surface area contributed by atoms with E-state index >= 15 is 0 Å². The van der Waals surface area contributed by atoms with Gasteiger partial charge in [0.25, 0.3) is 0 Å². The smallest absolute Gasteiger partial charge is 0.241 e. The number of carbonyl (C=O) groups is 1. The first-order chi connectivity index (χ1) is 7.80. The lowest BCUT2D eigenvalue weighted by atomic mass is 10.3. The summed E-state index contributed by atoms with van der Waals surface area (Å²) in [6.07, 6.45) is 0.000122. The molecular weight excluding hydrogens is 312 g/mol. The number of primary sulfonamides is 1. The lowest BCUT2D eigenvalue weighted by molar-refractivity contribution is -0.118. The van der Waals surface area contributed by atoms with E-state index in [4.69, 9.17) is 15.6 Å². The highest BCUT2D eigenvalue weighted by Crippen LogP contribution is 2.26. The Morgan fingerprint density at radius 2 is 2.06 bits per heavy atom. The lowest BCUT2D eigenvalue weighted by Crippen LogP contribution is -2.17. The predicted octanol–water partition coefficient (Wildman–Crippen LogP) is 0.351. The fourth-order valence-corrected chi connectivity index (χ4v) is 2.30. The Labute approximate surface area is 107 Å². The standard InChI is InChI=1S/C9H11BrN2O4S/c10-6-1-2-7(16-4-3-9(11)13)8(5-6)17(12,14)15/h1-2,5H,3-4H2,(H2,11,13)(H2,12,14,15). The van der Waals surface area contributed by atoms with Crippen LogP contribution in [0.5, 0.6) is 5.75 Å². The summed E-state index contributed by atoms with van der Waals surface area (Å²) >= 11 is 3.13. The number of hydrogen-bond donors (Lipinski definition) is 2. The van der Waals surface area contributed by atoms with Gasteiger partial charge in [-0.1, -0.05) is 15.9 Å². The van der Waals surface area contributed by atoms with E-state index in [0.29, 0.717) is 4.47 Å². The summed E-state index contributed by atoms with van der Waals surface area (Å²) in [4.78, 5) is 10.4. The van der Waals surface area contributed by atoms with Gasteiger partial charge in [-0.2, -0.15) is 0 Å². The minimum Gasteiger partial charge on any atom is -0.492 e. The molecule has 0 bridgehead atoms. The van der Waals surface area contributed by atoms with Crippen molar-refractivity contribution in [2.75, 3.05) is 6.61 Å². The fraction of sp³-hybridized carbons (Fsp3) is 0.222. The molecule has 0 saturated heterocycles. The van der Waals surface area contributed by atoms with Crippen molar-refractivity contribution >= 4 is 31.9 Å². The second-order valence-corrected chi connectivity index (χ2v) is 5.65. The number of amides is 1. The van der Waals surface area contributed by atoms with Gasteiger partial charge in [-0.3, -0.25) is 4.79 Å². The zero-order valence-electron chi connectivity index (χ0n) is 8.72. The van der Waals surface area contributed by atoms with Gasteiger partial charge < -0.3 is 10.5 Å². The first-order valence-electron chi connectivity index (χ1n) is 4.54. The summed E-state index contributed by atoms with van der Waals surface area (Å²) in [6, 6.07) is 4.38. The molecule has 94 valence electrons. The molecule has 0 aliphatic heterocycles. The van der Waals surface area contributed by atoms with Crippen LogP contribution < -0.4 is 15.6 Å². The number of carbonyl (C=O) groups excluding carboxylic acids is 1. The molecule has 1 aromatic rings. The Kier molecular flexibility index (Phi) is 4.49. The highest BCUT2D eigenvalue weighted by atomic mass is 79.9. The number of nitrogens with two attached hydrogens (primary N) is 2. The monoisotopic (exact) mass is 322 g/mol. The minimum absolute atomic E-state index is 0.000122. The average molecular weight is 323 g/mol. The van der Waals surface area contributed by atoms with Gasteiger partial charge in [0.15, 0.2) is 0 Å². The van der Waals surface area contributed by atoms with Crippen molar-refractivity contribution in [2.24, 2.45) is 10.9 Å². The molecule has 1 rings (SSSR count). The highest BCUT2D eigenvalue weighted by Gasteiger charge is 2.15. The normalized spacial score (nSPS) is 11.2. The summed E-state index contributed by atoms with van der Waals surface area (Å²) in [5.41, 5.74) is 4.94. The lowest BCUT2D eigenvalue weighted by Gasteiger charge is -2.09. The van der Waals surface area contributed by atoms with Gasteiger partial charge in [-0.25, -0.2) is 13.6 Å². The Morgan fingerprint density at radius 1 is 1.41 bits per heavy atom. The van der Waals surface area contributed by atoms with Gasteiger partial charge >= 0.3 is 0 Å². The van der Waals surface area contributed by atoms with Crippen LogP contribution in [0.25, 0.3) is 0 Å². The molecule has 0 spiro atoms. The second-order valence-electron chi connectivity index (χ2n) is 3.20. The molecule has 0 unspecified atom stereocenters. The van der Waals surface area contributed by atoms with Crippen molar-refractivity contribution < 1.29 is 17.9 Å². The topological polar surface area (TPSA) is 112 Å². The number of hydrogen-bond acceptors (Lipinski definition) is 4. The van der Waals surface area contributed by atoms with Crippen LogP contribution in [0.1, 0.15) is 6.42 Å². The molecule has 0 heterocycles. The van der Waals surface area contributed by atoms with E-state index in [1.807, 2.05) is 0 Å². The minimum atomic E-state index is -3.88. The van der Waals surface area contributed by atoms with Crippen LogP contribution in [0.15, 0.2) is 27.6 Å². The number of ether oxygens (including phenoxy) is 1. The van der Waals surface area contributed by atoms with Crippen molar-refractivity contribution in [3.05, 3.63) is 22.7 Å². The molecule has 8 heteroatoms. The van der Waals surface area contributed by atoms with E-state index in [0.717, 1.165) is 0 Å². The van der Waals surface area contributed by atoms with Crippen molar-refractivity contribution in [1.82, 2.24) is 0 Å². The van der Waals surface area contributed by atoms with E-state index in [9.17, 15) is 13.2 Å². The molecule has 0 saturated carbocycles. The third-order valence-corrected chi connectivity index (χ3v) is 3.24. The Hall–Kier alpha value is -1.12. The Bertz CT molecular complexity index is 530. The largest absolute Gasteiger partial charge is 0.492 e. The molecule has 0 fully saturated rings. The number of primary amides is 1. The third kappa shape index (κ3) is 4.33. The Balaban J connectivity index is 2.95. The van der Waals surface area contributed by atoms with Crippen LogP contribution >= 0.6 is 15.9 Å². The van der Waals surface area contributed by atoms with E-state index in [2.05, 4.69) is 15.9 Å². The van der Waals surface area contributed by atoms with Gasteiger partial charge in [0.1, 0.15) is 10.6 Å². The summed E-state index contributed by atoms with van der Waals surface area (Å²) in [6.45, 7) is -0.000510. The van der Waals surface area contributed by atoms with E-state index in [-0.39, 0.29) is 23.7 Å². The van der Waals surface area contributed by atoms with Gasteiger partial charge in [-0.15, -0.1) is 0 Å². The molecule has 1 aromatic carbocycles. The first-order valence-corrected chi connectivity index (χ1v) is 6.88. The molecule has 17 heavy (non-hydrogen) atoms. The van der Waals surface area contributed by atoms with E-state index < -0.39 is 15.9 Å². The van der Waals surface area contributed by atoms with Crippen LogP contribution in [0, 0.1) is 0 Å². The number of benzene rings is 1. The van der Waals surface area contributed by atoms with Crippen LogP contribution in [0.2, 0.25) is 0 Å². The second kappa shape index (κ2) is 5.48.